The number of carbonyl (C=O) groups is 2. The summed E-state index contributed by atoms with van der Waals surface area (Å²) in [5.41, 5.74) is 3.75. The van der Waals surface area contributed by atoms with Crippen molar-refractivity contribution >= 4 is 17.5 Å². The number of aliphatic hydroxyl groups is 2. The molecule has 7 heteroatoms. The Hall–Kier alpha value is -2.95. The monoisotopic (exact) mass is 617 g/mol. The van der Waals surface area contributed by atoms with Crippen molar-refractivity contribution in [3.63, 3.8) is 0 Å². The molecule has 4 aliphatic rings. The average Bonchev–Trinajstić information content (AvgIpc) is 3.24. The minimum atomic E-state index is -1.01. The predicted molar refractivity (Wildman–Crippen MR) is 173 cm³/mol. The molecule has 0 aliphatic heterocycles. The lowest BCUT2D eigenvalue weighted by atomic mass is 9.36. The van der Waals surface area contributed by atoms with Crippen LogP contribution in [0.15, 0.2) is 41.0 Å². The van der Waals surface area contributed by atoms with Gasteiger partial charge in [-0.2, -0.15) is 5.26 Å². The topological polar surface area (TPSA) is 128 Å². The molecule has 10 atom stereocenters. The molecule has 5 rings (SSSR count). The summed E-state index contributed by atoms with van der Waals surface area (Å²) in [4.78, 5) is 25.6. The number of ether oxygens (including phenoxy) is 1. The van der Waals surface area contributed by atoms with Crippen molar-refractivity contribution in [2.75, 3.05) is 0 Å². The van der Waals surface area contributed by atoms with Crippen LogP contribution in [0.25, 0.3) is 5.57 Å². The fourth-order valence-corrected chi connectivity index (χ4v) is 11.0. The summed E-state index contributed by atoms with van der Waals surface area (Å²) >= 11 is 0. The number of rotatable bonds is 6. The highest BCUT2D eigenvalue weighted by Gasteiger charge is 2.70. The van der Waals surface area contributed by atoms with Gasteiger partial charge in [0.1, 0.15) is 6.10 Å². The van der Waals surface area contributed by atoms with Crippen molar-refractivity contribution in [3.8, 4) is 6.07 Å². The second-order valence-corrected chi connectivity index (χ2v) is 15.5. The van der Waals surface area contributed by atoms with Gasteiger partial charge in [0.25, 0.3) is 0 Å². The zero-order chi connectivity index (χ0) is 33.1. The van der Waals surface area contributed by atoms with Crippen LogP contribution in [0, 0.1) is 51.2 Å². The van der Waals surface area contributed by atoms with E-state index in [1.54, 1.807) is 12.1 Å². The zero-order valence-corrected chi connectivity index (χ0v) is 28.0. The second-order valence-electron chi connectivity index (χ2n) is 15.5. The van der Waals surface area contributed by atoms with Crippen LogP contribution in [-0.2, 0) is 14.3 Å². The molecular weight excluding hydrogens is 566 g/mol. The lowest BCUT2D eigenvalue weighted by Crippen LogP contribution is -2.65. The number of aliphatic hydroxyl groups excluding tert-OH is 2. The number of nitrogens with zero attached hydrogens (tertiary/aromatic N) is 1. The van der Waals surface area contributed by atoms with E-state index in [-0.39, 0.29) is 52.1 Å². The predicted octanol–water partition coefficient (Wildman–Crippen LogP) is 7.07. The minimum Gasteiger partial charge on any atom is -0.478 e. The van der Waals surface area contributed by atoms with Gasteiger partial charge < -0.3 is 20.1 Å². The molecule has 0 heterocycles. The number of fused-ring (bicyclic) bond motifs is 5. The van der Waals surface area contributed by atoms with Crippen molar-refractivity contribution in [3.05, 3.63) is 52.1 Å². The average molecular weight is 618 g/mol. The molecule has 4 saturated carbocycles. The first-order chi connectivity index (χ1) is 21.1. The maximum Gasteiger partial charge on any atom is 0.331 e. The number of nitriles is 1. The molecule has 3 N–H and O–H groups in total. The third-order valence-electron chi connectivity index (χ3n) is 13.2. The summed E-state index contributed by atoms with van der Waals surface area (Å²) in [7, 11) is 0. The molecule has 0 spiro atoms. The number of allylic oxidation sites excluding steroid dienone is 2. The maximum absolute atomic E-state index is 13.1. The number of aliphatic carboxylic acids is 1. The van der Waals surface area contributed by atoms with Gasteiger partial charge in [0.2, 0.25) is 0 Å². The largest absolute Gasteiger partial charge is 0.478 e. The van der Waals surface area contributed by atoms with E-state index in [9.17, 15) is 30.2 Å². The molecule has 4 fully saturated rings. The maximum atomic E-state index is 13.1. The summed E-state index contributed by atoms with van der Waals surface area (Å²) in [6.45, 7) is 14.4. The van der Waals surface area contributed by atoms with Crippen molar-refractivity contribution in [1.29, 1.82) is 5.26 Å². The summed E-state index contributed by atoms with van der Waals surface area (Å²) in [6, 6.07) is 9.51. The van der Waals surface area contributed by atoms with Crippen LogP contribution in [0.4, 0.5) is 0 Å². The van der Waals surface area contributed by atoms with Crippen LogP contribution in [0.5, 0.6) is 0 Å². The third-order valence-corrected chi connectivity index (χ3v) is 13.2. The summed E-state index contributed by atoms with van der Waals surface area (Å²) in [5, 5.41) is 42.8. The van der Waals surface area contributed by atoms with Gasteiger partial charge in [0.15, 0.2) is 0 Å². The number of carboxylic acids is 1. The van der Waals surface area contributed by atoms with Crippen LogP contribution in [0.1, 0.15) is 111 Å². The lowest BCUT2D eigenvalue weighted by Gasteiger charge is -2.69. The van der Waals surface area contributed by atoms with Gasteiger partial charge in [-0.3, -0.25) is 4.79 Å². The van der Waals surface area contributed by atoms with Crippen LogP contribution in [0.3, 0.4) is 0 Å². The molecule has 1 aromatic carbocycles. The molecular formula is C38H51NO6. The number of hydrogen-bond acceptors (Lipinski definition) is 6. The number of carboxylic acid groups (broad SMARTS) is 1. The molecule has 1 aromatic rings. The standard InChI is InChI=1S/C38H51NO6/c1-21(2)26(25-10-8-24(20-39)9-11-25)12-13-27(35(43)44)33-29-18-31(42)34-36(5)16-15-30(41)22(3)28(36)14-17-37(34,6)38(29,7)19-32(33)45-23(4)40/h8-11,22,28-32,34,41-42H,12-19H2,1-7H3,(H,43,44)/t22-,28?,29+,30+,31+,32-,34+,36-,37-,38-/m0/s1. The van der Waals surface area contributed by atoms with Gasteiger partial charge in [-0.25, -0.2) is 4.79 Å². The Labute approximate surface area is 268 Å². The molecule has 7 nitrogen and oxygen atoms in total. The van der Waals surface area contributed by atoms with E-state index < -0.39 is 24.1 Å². The van der Waals surface area contributed by atoms with Crippen LogP contribution in [0.2, 0.25) is 0 Å². The van der Waals surface area contributed by atoms with Gasteiger partial charge in [-0.1, -0.05) is 45.4 Å². The molecule has 0 bridgehead atoms. The zero-order valence-electron chi connectivity index (χ0n) is 28.0. The van der Waals surface area contributed by atoms with Crippen LogP contribution >= 0.6 is 0 Å². The normalized spacial score (nSPS) is 39.9. The molecule has 0 radical (unpaired) electrons. The Bertz CT molecular complexity index is 1450. The number of carbonyl (C=O) groups excluding carboxylic acids is 1. The molecule has 1 unspecified atom stereocenters. The lowest BCUT2D eigenvalue weighted by molar-refractivity contribution is -0.234. The molecule has 4 aliphatic carbocycles. The Morgan fingerprint density at radius 1 is 0.978 bits per heavy atom. The fraction of sp³-hybridized carbons (Fsp3) is 0.658. The Kier molecular flexibility index (Phi) is 8.92. The molecule has 0 saturated heterocycles. The van der Waals surface area contributed by atoms with Gasteiger partial charge in [-0.05, 0) is 134 Å². The number of esters is 1. The summed E-state index contributed by atoms with van der Waals surface area (Å²) in [6.07, 6.45) is 3.53. The minimum absolute atomic E-state index is 0.000727. The van der Waals surface area contributed by atoms with E-state index in [1.807, 2.05) is 26.0 Å². The Morgan fingerprint density at radius 3 is 2.22 bits per heavy atom. The first-order valence-corrected chi connectivity index (χ1v) is 16.8. The van der Waals surface area contributed by atoms with Crippen LogP contribution in [-0.4, -0.2) is 45.6 Å². The van der Waals surface area contributed by atoms with Crippen molar-refractivity contribution in [2.45, 2.75) is 118 Å². The number of benzene rings is 1. The van der Waals surface area contributed by atoms with Crippen LogP contribution < -0.4 is 0 Å². The SMILES string of the molecule is CC(=O)O[C@H]1C[C@@]2(C)[C@H](C[C@@H](O)[C@@H]3[C@@]4(C)CC[C@@H](O)[C@@H](C)C4CC[C@@]32C)C1=C(CCC(=C(C)C)c1ccc(C#N)cc1)C(=O)O. The summed E-state index contributed by atoms with van der Waals surface area (Å²) in [5.74, 6) is -1.20. The quantitative estimate of drug-likeness (QED) is 0.230. The molecule has 244 valence electrons. The second kappa shape index (κ2) is 12.0. The first-order valence-electron chi connectivity index (χ1n) is 16.8. The van der Waals surface area contributed by atoms with E-state index in [4.69, 9.17) is 4.74 Å². The van der Waals surface area contributed by atoms with E-state index in [0.717, 1.165) is 42.4 Å². The van der Waals surface area contributed by atoms with Gasteiger partial charge >= 0.3 is 11.9 Å². The smallest absolute Gasteiger partial charge is 0.331 e. The van der Waals surface area contributed by atoms with Crippen molar-refractivity contribution in [2.24, 2.45) is 39.9 Å². The van der Waals surface area contributed by atoms with E-state index in [0.29, 0.717) is 36.3 Å². The first kappa shape index (κ1) is 33.4. The van der Waals surface area contributed by atoms with Crippen molar-refractivity contribution < 1.29 is 29.6 Å². The highest BCUT2D eigenvalue weighted by atomic mass is 16.5. The van der Waals surface area contributed by atoms with Gasteiger partial charge in [0, 0.05) is 12.5 Å². The Morgan fingerprint density at radius 2 is 1.64 bits per heavy atom. The highest BCUT2D eigenvalue weighted by Crippen LogP contribution is 2.74. The molecule has 0 amide bonds. The number of hydrogen-bond donors (Lipinski definition) is 3. The Balaban J connectivity index is 1.57. The van der Waals surface area contributed by atoms with E-state index in [2.05, 4.69) is 33.8 Å². The van der Waals surface area contributed by atoms with E-state index >= 15 is 0 Å². The van der Waals surface area contributed by atoms with Crippen molar-refractivity contribution in [1.82, 2.24) is 0 Å². The fourth-order valence-electron chi connectivity index (χ4n) is 11.0. The third kappa shape index (κ3) is 5.36. The van der Waals surface area contributed by atoms with Gasteiger partial charge in [-0.15, -0.1) is 0 Å². The molecule has 45 heavy (non-hydrogen) atoms. The molecule has 0 aromatic heterocycles. The van der Waals surface area contributed by atoms with Gasteiger partial charge in [0.05, 0.1) is 23.8 Å². The highest BCUT2D eigenvalue weighted by molar-refractivity contribution is 5.89. The summed E-state index contributed by atoms with van der Waals surface area (Å²) < 4.78 is 5.98. The van der Waals surface area contributed by atoms with E-state index in [1.165, 1.54) is 6.92 Å².